The van der Waals surface area contributed by atoms with Crippen molar-refractivity contribution in [1.82, 2.24) is 0 Å². The number of hydrogen-bond donors (Lipinski definition) is 0. The van der Waals surface area contributed by atoms with E-state index in [2.05, 4.69) is 11.8 Å². The Morgan fingerprint density at radius 2 is 1.59 bits per heavy atom. The van der Waals surface area contributed by atoms with Crippen LogP contribution in [0.2, 0.25) is 0 Å². The van der Waals surface area contributed by atoms with Gasteiger partial charge in [-0.1, -0.05) is 5.92 Å². The Morgan fingerprint density at radius 1 is 1.06 bits per heavy atom. The van der Waals surface area contributed by atoms with Crippen molar-refractivity contribution < 1.29 is 19.1 Å². The summed E-state index contributed by atoms with van der Waals surface area (Å²) in [6.45, 7) is 7.16. The average Bonchev–Trinajstić information content (AvgIpc) is 2.30. The Kier molecular flexibility index (Phi) is 7.53. The molecule has 0 rings (SSSR count). The van der Waals surface area contributed by atoms with E-state index in [1.54, 1.807) is 27.7 Å². The van der Waals surface area contributed by atoms with E-state index < -0.39 is 11.9 Å². The second kappa shape index (κ2) is 8.40. The van der Waals surface area contributed by atoms with Gasteiger partial charge in [-0.2, -0.15) is 0 Å². The molecule has 0 radical (unpaired) electrons. The zero-order chi connectivity index (χ0) is 13.3. The van der Waals surface area contributed by atoms with Gasteiger partial charge in [-0.15, -0.1) is 5.92 Å². The lowest BCUT2D eigenvalue weighted by molar-refractivity contribution is -0.141. The van der Waals surface area contributed by atoms with Crippen LogP contribution in [-0.2, 0) is 19.1 Å². The largest absolute Gasteiger partial charge is 0.463 e. The highest BCUT2D eigenvalue weighted by Gasteiger charge is 2.18. The minimum atomic E-state index is -0.513. The minimum Gasteiger partial charge on any atom is -0.463 e. The van der Waals surface area contributed by atoms with Crippen LogP contribution in [0.5, 0.6) is 0 Å². The molecule has 0 unspecified atom stereocenters. The number of carbonyl (C=O) groups is 2. The highest BCUT2D eigenvalue weighted by atomic mass is 16.5. The summed E-state index contributed by atoms with van der Waals surface area (Å²) in [4.78, 5) is 23.2. The quantitative estimate of drug-likeness (QED) is 0.416. The van der Waals surface area contributed by atoms with Gasteiger partial charge in [0.15, 0.2) is 0 Å². The maximum Gasteiger partial charge on any atom is 0.335 e. The van der Waals surface area contributed by atoms with Crippen LogP contribution in [0.25, 0.3) is 0 Å². The van der Waals surface area contributed by atoms with Crippen LogP contribution in [0.4, 0.5) is 0 Å². The maximum atomic E-state index is 11.6. The number of ether oxygens (including phenoxy) is 2. The van der Waals surface area contributed by atoms with Gasteiger partial charge in [0.1, 0.15) is 0 Å². The molecular formula is C13H18O4. The molecule has 0 amide bonds. The van der Waals surface area contributed by atoms with Crippen molar-refractivity contribution in [1.29, 1.82) is 0 Å². The van der Waals surface area contributed by atoms with Gasteiger partial charge in [0, 0.05) is 12.0 Å². The summed E-state index contributed by atoms with van der Waals surface area (Å²) in [7, 11) is 0. The fourth-order valence-corrected chi connectivity index (χ4v) is 1.12. The predicted molar refractivity (Wildman–Crippen MR) is 64.0 cm³/mol. The first-order valence-electron chi connectivity index (χ1n) is 5.52. The Hall–Kier alpha value is -1.76. The molecule has 4 nitrogen and oxygen atoms in total. The summed E-state index contributed by atoms with van der Waals surface area (Å²) >= 11 is 0. The summed E-state index contributed by atoms with van der Waals surface area (Å²) in [6, 6.07) is 0. The molecule has 0 aliphatic heterocycles. The molecule has 0 fully saturated rings. The molecule has 0 aromatic rings. The second-order valence-electron chi connectivity index (χ2n) is 3.15. The molecule has 0 spiro atoms. The molecule has 4 heteroatoms. The van der Waals surface area contributed by atoms with Crippen LogP contribution in [0.3, 0.4) is 0 Å². The maximum absolute atomic E-state index is 11.6. The van der Waals surface area contributed by atoms with Crippen molar-refractivity contribution in [3.8, 4) is 11.8 Å². The molecule has 0 heterocycles. The summed E-state index contributed by atoms with van der Waals surface area (Å²) in [5.41, 5.74) is 0.521. The molecule has 0 aromatic carbocycles. The first-order valence-corrected chi connectivity index (χ1v) is 5.52. The van der Waals surface area contributed by atoms with E-state index in [0.29, 0.717) is 0 Å². The average molecular weight is 238 g/mol. The van der Waals surface area contributed by atoms with E-state index in [0.717, 1.165) is 0 Å². The minimum absolute atomic E-state index is 0.194. The van der Waals surface area contributed by atoms with Crippen molar-refractivity contribution in [3.05, 3.63) is 11.1 Å². The third-order valence-electron chi connectivity index (χ3n) is 2.00. The van der Waals surface area contributed by atoms with Crippen LogP contribution in [0.15, 0.2) is 11.1 Å². The first-order chi connectivity index (χ1) is 8.08. The Morgan fingerprint density at radius 3 is 2.06 bits per heavy atom. The zero-order valence-corrected chi connectivity index (χ0v) is 10.8. The molecule has 17 heavy (non-hydrogen) atoms. The fourth-order valence-electron chi connectivity index (χ4n) is 1.12. The van der Waals surface area contributed by atoms with Gasteiger partial charge in [0.2, 0.25) is 0 Å². The molecule has 0 N–H and O–H groups in total. The van der Waals surface area contributed by atoms with Crippen molar-refractivity contribution >= 4 is 11.9 Å². The number of carbonyl (C=O) groups excluding carboxylic acids is 2. The van der Waals surface area contributed by atoms with E-state index in [-0.39, 0.29) is 30.8 Å². The topological polar surface area (TPSA) is 52.6 Å². The zero-order valence-electron chi connectivity index (χ0n) is 10.8. The number of rotatable bonds is 5. The predicted octanol–water partition coefficient (Wildman–Crippen LogP) is 1.84. The number of hydrogen-bond acceptors (Lipinski definition) is 4. The third-order valence-corrected chi connectivity index (χ3v) is 2.00. The van der Waals surface area contributed by atoms with Gasteiger partial charge in [0.25, 0.3) is 0 Å². The van der Waals surface area contributed by atoms with Crippen LogP contribution < -0.4 is 0 Å². The molecule has 0 aliphatic rings. The summed E-state index contributed by atoms with van der Waals surface area (Å²) in [6.07, 6.45) is 0.194. The van der Waals surface area contributed by atoms with Crippen LogP contribution in [-0.4, -0.2) is 25.2 Å². The smallest absolute Gasteiger partial charge is 0.335 e. The lowest BCUT2D eigenvalue weighted by atomic mass is 10.1. The van der Waals surface area contributed by atoms with Crippen LogP contribution in [0, 0.1) is 11.8 Å². The van der Waals surface area contributed by atoms with Crippen molar-refractivity contribution in [3.63, 3.8) is 0 Å². The molecule has 94 valence electrons. The molecule has 0 aromatic heterocycles. The van der Waals surface area contributed by atoms with Gasteiger partial charge in [-0.3, -0.25) is 0 Å². The van der Waals surface area contributed by atoms with Crippen molar-refractivity contribution in [2.24, 2.45) is 0 Å². The summed E-state index contributed by atoms with van der Waals surface area (Å²) in [5, 5.41) is 0. The SMILES string of the molecule is CC#CC/C(C(=O)OCC)=C(\C)C(=O)OCC. The van der Waals surface area contributed by atoms with Gasteiger partial charge < -0.3 is 9.47 Å². The first kappa shape index (κ1) is 15.2. The van der Waals surface area contributed by atoms with Crippen molar-refractivity contribution in [2.45, 2.75) is 34.1 Å². The Labute approximate surface area is 102 Å². The Balaban J connectivity index is 5.09. The van der Waals surface area contributed by atoms with Crippen LogP contribution >= 0.6 is 0 Å². The van der Waals surface area contributed by atoms with E-state index in [4.69, 9.17) is 9.47 Å². The lowest BCUT2D eigenvalue weighted by Crippen LogP contribution is -2.15. The van der Waals surface area contributed by atoms with Crippen LogP contribution in [0.1, 0.15) is 34.1 Å². The molecule has 0 bridgehead atoms. The van der Waals surface area contributed by atoms with Crippen molar-refractivity contribution in [2.75, 3.05) is 13.2 Å². The van der Waals surface area contributed by atoms with E-state index in [9.17, 15) is 9.59 Å². The lowest BCUT2D eigenvalue weighted by Gasteiger charge is -2.08. The standard InChI is InChI=1S/C13H18O4/c1-5-8-9-11(13(15)17-7-3)10(4)12(14)16-6-2/h6-7,9H2,1-4H3/b11-10-. The highest BCUT2D eigenvalue weighted by molar-refractivity contribution is 6.00. The third kappa shape index (κ3) is 5.21. The van der Waals surface area contributed by atoms with Gasteiger partial charge >= 0.3 is 11.9 Å². The molecule has 0 saturated carbocycles. The number of esters is 2. The highest BCUT2D eigenvalue weighted by Crippen LogP contribution is 2.12. The molecule has 0 aliphatic carbocycles. The van der Waals surface area contributed by atoms with E-state index >= 15 is 0 Å². The monoisotopic (exact) mass is 238 g/mol. The normalized spacial score (nSPS) is 10.8. The Bertz CT molecular complexity index is 369. The van der Waals surface area contributed by atoms with Gasteiger partial charge in [-0.25, -0.2) is 9.59 Å². The summed E-state index contributed by atoms with van der Waals surface area (Å²) in [5.74, 6) is 4.41. The van der Waals surface area contributed by atoms with E-state index in [1.807, 2.05) is 0 Å². The molecular weight excluding hydrogens is 220 g/mol. The molecule has 0 atom stereocenters. The summed E-state index contributed by atoms with van der Waals surface area (Å²) < 4.78 is 9.72. The van der Waals surface area contributed by atoms with Gasteiger partial charge in [-0.05, 0) is 27.7 Å². The van der Waals surface area contributed by atoms with E-state index in [1.165, 1.54) is 0 Å². The fraction of sp³-hybridized carbons (Fsp3) is 0.538. The second-order valence-corrected chi connectivity index (χ2v) is 3.15. The van der Waals surface area contributed by atoms with Gasteiger partial charge in [0.05, 0.1) is 18.8 Å². The molecule has 0 saturated heterocycles.